The summed E-state index contributed by atoms with van der Waals surface area (Å²) in [5, 5.41) is 3.08. The summed E-state index contributed by atoms with van der Waals surface area (Å²) in [4.78, 5) is 24.7. The molecule has 31 heavy (non-hydrogen) atoms. The fourth-order valence-corrected chi connectivity index (χ4v) is 5.80. The summed E-state index contributed by atoms with van der Waals surface area (Å²) < 4.78 is 35.0. The van der Waals surface area contributed by atoms with Gasteiger partial charge >= 0.3 is 5.76 Å². The Labute approximate surface area is 187 Å². The maximum absolute atomic E-state index is 13.0. The predicted molar refractivity (Wildman–Crippen MR) is 123 cm³/mol. The van der Waals surface area contributed by atoms with Gasteiger partial charge in [0.05, 0.1) is 10.4 Å². The van der Waals surface area contributed by atoms with E-state index in [1.807, 2.05) is 6.26 Å². The number of amides is 1. The number of thioether (sulfide) groups is 1. The molecule has 2 aromatic rings. The van der Waals surface area contributed by atoms with Crippen molar-refractivity contribution in [2.24, 2.45) is 18.9 Å². The first-order valence-corrected chi connectivity index (χ1v) is 13.4. The summed E-state index contributed by atoms with van der Waals surface area (Å²) in [6.45, 7) is 4.33. The normalized spacial score (nSPS) is 23.0. The van der Waals surface area contributed by atoms with Gasteiger partial charge in [-0.25, -0.2) is 13.2 Å². The molecule has 8 nitrogen and oxygen atoms in total. The lowest BCUT2D eigenvalue weighted by Gasteiger charge is -2.35. The second-order valence-corrected chi connectivity index (χ2v) is 11.1. The largest absolute Gasteiger partial charge is 0.419 e. The van der Waals surface area contributed by atoms with E-state index < -0.39 is 21.8 Å². The Balaban J connectivity index is 1.80. The minimum atomic E-state index is -3.99. The summed E-state index contributed by atoms with van der Waals surface area (Å²) in [6, 6.07) is 3.42. The molecule has 10 heteroatoms. The first kappa shape index (κ1) is 23.9. The molecule has 1 heterocycles. The molecular weight excluding hydrogens is 438 g/mol. The van der Waals surface area contributed by atoms with Gasteiger partial charge in [-0.05, 0) is 48.8 Å². The average Bonchev–Trinajstić information content (AvgIpc) is 3.01. The quantitative estimate of drug-likeness (QED) is 0.615. The van der Waals surface area contributed by atoms with Gasteiger partial charge < -0.3 is 9.73 Å². The smallest absolute Gasteiger partial charge is 0.408 e. The van der Waals surface area contributed by atoms with Crippen molar-refractivity contribution >= 4 is 38.8 Å². The second-order valence-electron chi connectivity index (χ2n) is 8.39. The van der Waals surface area contributed by atoms with E-state index in [2.05, 4.69) is 23.9 Å². The highest BCUT2D eigenvalue weighted by atomic mass is 32.2. The molecule has 1 aromatic carbocycles. The molecule has 0 bridgehead atoms. The molecule has 1 aliphatic rings. The number of oxazole rings is 1. The van der Waals surface area contributed by atoms with Crippen molar-refractivity contribution < 1.29 is 17.6 Å². The van der Waals surface area contributed by atoms with Crippen LogP contribution in [-0.2, 0) is 21.9 Å². The summed E-state index contributed by atoms with van der Waals surface area (Å²) in [6.07, 6.45) is 5.41. The standard InChI is InChI=1S/C21H31N3O5S2/c1-13-6-5-7-16(14(13)2)22-20(25)17(10-11-30-4)23-31(27,28)15-8-9-18-19(12-15)29-21(26)24(18)3/h8-9,12-14,16-17,23H,5-7,10-11H2,1-4H3,(H,22,25)/t13-,14-,16+,17-/m0/s1. The average molecular weight is 470 g/mol. The maximum atomic E-state index is 13.0. The van der Waals surface area contributed by atoms with E-state index in [0.29, 0.717) is 29.5 Å². The van der Waals surface area contributed by atoms with Crippen LogP contribution in [0.4, 0.5) is 0 Å². The number of nitrogens with zero attached hydrogens (tertiary/aromatic N) is 1. The lowest BCUT2D eigenvalue weighted by atomic mass is 9.78. The van der Waals surface area contributed by atoms with Gasteiger partial charge in [-0.2, -0.15) is 16.5 Å². The summed E-state index contributed by atoms with van der Waals surface area (Å²) in [5.74, 6) is 0.650. The second kappa shape index (κ2) is 9.79. The van der Waals surface area contributed by atoms with Crippen molar-refractivity contribution in [2.45, 2.75) is 56.5 Å². The van der Waals surface area contributed by atoms with E-state index in [4.69, 9.17) is 4.42 Å². The molecule has 1 fully saturated rings. The number of hydrogen-bond acceptors (Lipinski definition) is 6. The molecule has 1 aliphatic carbocycles. The number of carbonyl (C=O) groups is 1. The van der Waals surface area contributed by atoms with Crippen LogP contribution in [0.3, 0.4) is 0 Å². The van der Waals surface area contributed by atoms with Gasteiger partial charge in [0.15, 0.2) is 5.58 Å². The molecule has 1 amide bonds. The molecule has 0 unspecified atom stereocenters. The van der Waals surface area contributed by atoms with Gasteiger partial charge in [-0.1, -0.05) is 26.7 Å². The Kier molecular flexibility index (Phi) is 7.54. The van der Waals surface area contributed by atoms with E-state index >= 15 is 0 Å². The minimum absolute atomic E-state index is 0.0454. The zero-order valence-electron chi connectivity index (χ0n) is 18.4. The van der Waals surface area contributed by atoms with Crippen molar-refractivity contribution in [1.82, 2.24) is 14.6 Å². The van der Waals surface area contributed by atoms with Gasteiger partial charge in [-0.15, -0.1) is 0 Å². The molecule has 1 saturated carbocycles. The molecule has 0 saturated heterocycles. The zero-order chi connectivity index (χ0) is 22.8. The van der Waals surface area contributed by atoms with Crippen LogP contribution in [0.2, 0.25) is 0 Å². The predicted octanol–water partition coefficient (Wildman–Crippen LogP) is 2.47. The fraction of sp³-hybridized carbons (Fsp3) is 0.619. The van der Waals surface area contributed by atoms with Crippen LogP contribution >= 0.6 is 11.8 Å². The highest BCUT2D eigenvalue weighted by Gasteiger charge is 2.32. The van der Waals surface area contributed by atoms with Crippen LogP contribution in [0.25, 0.3) is 11.1 Å². The van der Waals surface area contributed by atoms with Crippen molar-refractivity contribution in [3.05, 3.63) is 28.7 Å². The third-order valence-corrected chi connectivity index (χ3v) is 8.45. The first-order chi connectivity index (χ1) is 14.6. The van der Waals surface area contributed by atoms with Crippen LogP contribution < -0.4 is 15.8 Å². The SMILES string of the molecule is CSCC[C@H](NS(=O)(=O)c1ccc2c(c1)oc(=O)n2C)C(=O)N[C@@H]1CCC[C@H](C)[C@@H]1C. The lowest BCUT2D eigenvalue weighted by Crippen LogP contribution is -2.52. The van der Waals surface area contributed by atoms with E-state index in [9.17, 15) is 18.0 Å². The number of fused-ring (bicyclic) bond motifs is 1. The lowest BCUT2D eigenvalue weighted by molar-refractivity contribution is -0.124. The molecule has 0 spiro atoms. The highest BCUT2D eigenvalue weighted by molar-refractivity contribution is 7.98. The number of benzene rings is 1. The minimum Gasteiger partial charge on any atom is -0.408 e. The van der Waals surface area contributed by atoms with Gasteiger partial charge in [0.2, 0.25) is 15.9 Å². The topological polar surface area (TPSA) is 110 Å². The van der Waals surface area contributed by atoms with Crippen LogP contribution in [0, 0.1) is 11.8 Å². The van der Waals surface area contributed by atoms with Gasteiger partial charge in [-0.3, -0.25) is 9.36 Å². The number of carbonyl (C=O) groups excluding carboxylic acids is 1. The number of aromatic nitrogens is 1. The summed E-state index contributed by atoms with van der Waals surface area (Å²) in [5.41, 5.74) is 0.687. The fourth-order valence-electron chi connectivity index (χ4n) is 4.08. The molecule has 0 aliphatic heterocycles. The Hall–Kier alpha value is -1.78. The zero-order valence-corrected chi connectivity index (χ0v) is 20.0. The molecule has 4 atom stereocenters. The summed E-state index contributed by atoms with van der Waals surface area (Å²) in [7, 11) is -2.43. The van der Waals surface area contributed by atoms with E-state index in [0.717, 1.165) is 19.3 Å². The molecule has 1 aromatic heterocycles. The Bertz CT molecular complexity index is 1090. The van der Waals surface area contributed by atoms with Crippen molar-refractivity contribution in [3.63, 3.8) is 0 Å². The van der Waals surface area contributed by atoms with Gasteiger partial charge in [0.1, 0.15) is 6.04 Å². The van der Waals surface area contributed by atoms with Crippen molar-refractivity contribution in [3.8, 4) is 0 Å². The Morgan fingerprint density at radius 2 is 2.06 bits per heavy atom. The van der Waals surface area contributed by atoms with Crippen LogP contribution in [0.5, 0.6) is 0 Å². The van der Waals surface area contributed by atoms with Gasteiger partial charge in [0, 0.05) is 19.2 Å². The highest BCUT2D eigenvalue weighted by Crippen LogP contribution is 2.29. The van der Waals surface area contributed by atoms with Crippen LogP contribution in [-0.4, -0.2) is 43.0 Å². The monoisotopic (exact) mass is 469 g/mol. The number of aryl methyl sites for hydroxylation is 1. The van der Waals surface area contributed by atoms with E-state index in [1.165, 1.54) is 22.8 Å². The molecule has 0 radical (unpaired) electrons. The molecule has 172 valence electrons. The first-order valence-electron chi connectivity index (χ1n) is 10.5. The Morgan fingerprint density at radius 1 is 1.32 bits per heavy atom. The number of sulfonamides is 1. The van der Waals surface area contributed by atoms with E-state index in [-0.39, 0.29) is 22.4 Å². The number of nitrogens with one attached hydrogen (secondary N) is 2. The molecule has 2 N–H and O–H groups in total. The van der Waals surface area contributed by atoms with Crippen LogP contribution in [0.1, 0.15) is 39.5 Å². The molecule has 3 rings (SSSR count). The van der Waals surface area contributed by atoms with Crippen molar-refractivity contribution in [1.29, 1.82) is 0 Å². The third kappa shape index (κ3) is 5.35. The Morgan fingerprint density at radius 3 is 2.77 bits per heavy atom. The van der Waals surface area contributed by atoms with Crippen molar-refractivity contribution in [2.75, 3.05) is 12.0 Å². The number of hydrogen-bond donors (Lipinski definition) is 2. The summed E-state index contributed by atoms with van der Waals surface area (Å²) >= 11 is 1.56. The van der Waals surface area contributed by atoms with Crippen LogP contribution in [0.15, 0.2) is 32.3 Å². The molecular formula is C21H31N3O5S2. The number of rotatable bonds is 8. The van der Waals surface area contributed by atoms with E-state index in [1.54, 1.807) is 18.8 Å². The maximum Gasteiger partial charge on any atom is 0.419 e. The third-order valence-electron chi connectivity index (χ3n) is 6.33. The van der Waals surface area contributed by atoms with Gasteiger partial charge in [0.25, 0.3) is 0 Å².